The molecule has 0 spiro atoms. The van der Waals surface area contributed by atoms with E-state index in [2.05, 4.69) is 85.8 Å². The van der Waals surface area contributed by atoms with Gasteiger partial charge in [0.05, 0.1) is 0 Å². The maximum atomic E-state index is 2.25. The molecule has 0 amide bonds. The molecule has 0 aliphatic carbocycles. The van der Waals surface area contributed by atoms with Crippen molar-refractivity contribution in [3.63, 3.8) is 0 Å². The summed E-state index contributed by atoms with van der Waals surface area (Å²) in [6.45, 7) is 2.13. The van der Waals surface area contributed by atoms with Crippen molar-refractivity contribution in [3.8, 4) is 0 Å². The summed E-state index contributed by atoms with van der Waals surface area (Å²) < 4.78 is 0. The summed E-state index contributed by atoms with van der Waals surface area (Å²) in [4.78, 5) is 0. The zero-order chi connectivity index (χ0) is 14.5. The minimum Gasteiger partial charge on any atom is -0.0622 e. The maximum absolute atomic E-state index is 2.25. The molecule has 0 heteroatoms. The lowest BCUT2D eigenvalue weighted by Crippen LogP contribution is -1.97. The third-order valence-electron chi connectivity index (χ3n) is 3.87. The highest BCUT2D eigenvalue weighted by molar-refractivity contribution is 5.36. The van der Waals surface area contributed by atoms with E-state index in [1.807, 2.05) is 0 Å². The van der Waals surface area contributed by atoms with E-state index in [9.17, 15) is 0 Å². The predicted octanol–water partition coefficient (Wildman–Crippen LogP) is 5.18. The molecule has 21 heavy (non-hydrogen) atoms. The predicted molar refractivity (Wildman–Crippen MR) is 89.7 cm³/mol. The van der Waals surface area contributed by atoms with Crippen molar-refractivity contribution in [2.75, 3.05) is 0 Å². The molecule has 0 atom stereocenters. The van der Waals surface area contributed by atoms with E-state index >= 15 is 0 Å². The summed E-state index contributed by atoms with van der Waals surface area (Å²) in [5.41, 5.74) is 6.90. The smallest absolute Gasteiger partial charge is 0.00229 e. The molecular weight excluding hydrogens is 252 g/mol. The van der Waals surface area contributed by atoms with Gasteiger partial charge in [0.2, 0.25) is 0 Å². The van der Waals surface area contributed by atoms with E-state index in [0.29, 0.717) is 0 Å². The molecule has 104 valence electrons. The number of benzene rings is 3. The first kappa shape index (κ1) is 13.6. The van der Waals surface area contributed by atoms with Crippen molar-refractivity contribution in [3.05, 3.63) is 107 Å². The van der Waals surface area contributed by atoms with Gasteiger partial charge < -0.3 is 0 Å². The van der Waals surface area contributed by atoms with Crippen molar-refractivity contribution in [1.29, 1.82) is 0 Å². The van der Waals surface area contributed by atoms with Crippen LogP contribution in [0.1, 0.15) is 27.8 Å². The van der Waals surface area contributed by atoms with Crippen molar-refractivity contribution >= 4 is 0 Å². The summed E-state index contributed by atoms with van der Waals surface area (Å²) in [5.74, 6) is 0. The van der Waals surface area contributed by atoms with E-state index in [1.165, 1.54) is 27.8 Å². The summed E-state index contributed by atoms with van der Waals surface area (Å²) in [5, 5.41) is 0. The van der Waals surface area contributed by atoms with Gasteiger partial charge in [-0.05, 0) is 42.0 Å². The lowest BCUT2D eigenvalue weighted by Gasteiger charge is -2.10. The Labute approximate surface area is 127 Å². The Morgan fingerprint density at radius 1 is 0.524 bits per heavy atom. The highest BCUT2D eigenvalue weighted by Crippen LogP contribution is 2.18. The molecule has 0 N–H and O–H groups in total. The first-order valence-corrected chi connectivity index (χ1v) is 7.47. The minimum absolute atomic E-state index is 1.00. The average molecular weight is 272 g/mol. The lowest BCUT2D eigenvalue weighted by atomic mass is 9.95. The van der Waals surface area contributed by atoms with E-state index in [0.717, 1.165) is 12.8 Å². The van der Waals surface area contributed by atoms with Crippen LogP contribution in [0.4, 0.5) is 0 Å². The van der Waals surface area contributed by atoms with Gasteiger partial charge in [0.1, 0.15) is 0 Å². The van der Waals surface area contributed by atoms with Crippen LogP contribution in [-0.4, -0.2) is 0 Å². The molecule has 0 bridgehead atoms. The Balaban J connectivity index is 1.84. The van der Waals surface area contributed by atoms with Gasteiger partial charge in [-0.3, -0.25) is 0 Å². The molecule has 0 saturated carbocycles. The third-order valence-corrected chi connectivity index (χ3v) is 3.87. The molecular formula is C21H20. The highest BCUT2D eigenvalue weighted by atomic mass is 14.1. The van der Waals surface area contributed by atoms with Crippen molar-refractivity contribution in [2.45, 2.75) is 19.8 Å². The Bertz CT molecular complexity index is 694. The monoisotopic (exact) mass is 272 g/mol. The van der Waals surface area contributed by atoms with E-state index in [1.54, 1.807) is 0 Å². The average Bonchev–Trinajstić information content (AvgIpc) is 2.52. The number of hydrogen-bond donors (Lipinski definition) is 0. The Morgan fingerprint density at radius 2 is 1.00 bits per heavy atom. The molecule has 3 aromatic carbocycles. The first-order valence-electron chi connectivity index (χ1n) is 7.47. The quantitative estimate of drug-likeness (QED) is 0.614. The second-order valence-corrected chi connectivity index (χ2v) is 5.59. The van der Waals surface area contributed by atoms with Gasteiger partial charge in [-0.15, -0.1) is 0 Å². The molecule has 0 saturated heterocycles. The van der Waals surface area contributed by atoms with Crippen molar-refractivity contribution in [1.82, 2.24) is 0 Å². The molecule has 0 aliphatic heterocycles. The van der Waals surface area contributed by atoms with Gasteiger partial charge in [-0.2, -0.15) is 0 Å². The van der Waals surface area contributed by atoms with Crippen LogP contribution in [0, 0.1) is 6.92 Å². The fourth-order valence-corrected chi connectivity index (χ4v) is 2.64. The fraction of sp³-hybridized carbons (Fsp3) is 0.143. The summed E-state index contributed by atoms with van der Waals surface area (Å²) in [6.07, 6.45) is 2.01. The van der Waals surface area contributed by atoms with Crippen LogP contribution in [0.5, 0.6) is 0 Å². The number of rotatable bonds is 4. The van der Waals surface area contributed by atoms with E-state index in [4.69, 9.17) is 0 Å². The Morgan fingerprint density at radius 3 is 1.57 bits per heavy atom. The summed E-state index contributed by atoms with van der Waals surface area (Å²) >= 11 is 0. The molecule has 0 unspecified atom stereocenters. The zero-order valence-corrected chi connectivity index (χ0v) is 12.4. The van der Waals surface area contributed by atoms with Gasteiger partial charge in [0.25, 0.3) is 0 Å². The highest BCUT2D eigenvalue weighted by Gasteiger charge is 2.04. The molecule has 0 aliphatic rings. The van der Waals surface area contributed by atoms with E-state index < -0.39 is 0 Å². The van der Waals surface area contributed by atoms with Gasteiger partial charge in [0, 0.05) is 0 Å². The molecule has 3 rings (SSSR count). The van der Waals surface area contributed by atoms with Crippen molar-refractivity contribution in [2.24, 2.45) is 0 Å². The summed E-state index contributed by atoms with van der Waals surface area (Å²) in [7, 11) is 0. The SMILES string of the molecule is Cc1ccc(Cc2ccccc2Cc2ccccc2)cc1. The normalized spacial score (nSPS) is 10.5. The zero-order valence-electron chi connectivity index (χ0n) is 12.4. The number of aryl methyl sites for hydroxylation is 1. The van der Waals surface area contributed by atoms with Gasteiger partial charge in [-0.25, -0.2) is 0 Å². The van der Waals surface area contributed by atoms with E-state index in [-0.39, 0.29) is 0 Å². The van der Waals surface area contributed by atoms with Crippen LogP contribution in [0.25, 0.3) is 0 Å². The molecule has 0 radical (unpaired) electrons. The summed E-state index contributed by atoms with van der Waals surface area (Å²) in [6, 6.07) is 28.3. The molecule has 0 heterocycles. The lowest BCUT2D eigenvalue weighted by molar-refractivity contribution is 1.09. The van der Waals surface area contributed by atoms with Crippen LogP contribution in [0.3, 0.4) is 0 Å². The Hall–Kier alpha value is -2.34. The van der Waals surface area contributed by atoms with Gasteiger partial charge >= 0.3 is 0 Å². The largest absolute Gasteiger partial charge is 0.0622 e. The topological polar surface area (TPSA) is 0 Å². The second-order valence-electron chi connectivity index (χ2n) is 5.59. The van der Waals surface area contributed by atoms with Crippen LogP contribution < -0.4 is 0 Å². The van der Waals surface area contributed by atoms with Gasteiger partial charge in [-0.1, -0.05) is 84.4 Å². The van der Waals surface area contributed by atoms with Crippen molar-refractivity contribution < 1.29 is 0 Å². The fourth-order valence-electron chi connectivity index (χ4n) is 2.64. The molecule has 0 aromatic heterocycles. The van der Waals surface area contributed by atoms with Crippen LogP contribution in [0.15, 0.2) is 78.9 Å². The first-order chi connectivity index (χ1) is 10.3. The van der Waals surface area contributed by atoms with Crippen LogP contribution >= 0.6 is 0 Å². The standard InChI is InChI=1S/C21H20/c1-17-11-13-19(14-12-17)16-21-10-6-5-9-20(21)15-18-7-3-2-4-8-18/h2-14H,15-16H2,1H3. The van der Waals surface area contributed by atoms with Gasteiger partial charge in [0.15, 0.2) is 0 Å². The number of hydrogen-bond acceptors (Lipinski definition) is 0. The minimum atomic E-state index is 1.00. The Kier molecular flexibility index (Phi) is 4.16. The molecule has 0 fully saturated rings. The molecule has 3 aromatic rings. The van der Waals surface area contributed by atoms with Crippen LogP contribution in [-0.2, 0) is 12.8 Å². The van der Waals surface area contributed by atoms with Crippen LogP contribution in [0.2, 0.25) is 0 Å². The second kappa shape index (κ2) is 6.41. The molecule has 0 nitrogen and oxygen atoms in total. The third kappa shape index (κ3) is 3.61. The maximum Gasteiger partial charge on any atom is -0.00229 e.